The summed E-state index contributed by atoms with van der Waals surface area (Å²) >= 11 is 3.35. The molecule has 0 spiro atoms. The molecule has 0 atom stereocenters. The van der Waals surface area contributed by atoms with Gasteiger partial charge in [0.1, 0.15) is 5.75 Å². The van der Waals surface area contributed by atoms with Crippen molar-refractivity contribution >= 4 is 27.5 Å². The predicted molar refractivity (Wildman–Crippen MR) is 86.3 cm³/mol. The first-order valence-corrected chi connectivity index (χ1v) is 7.21. The van der Waals surface area contributed by atoms with E-state index in [0.717, 1.165) is 15.6 Å². The first-order valence-electron chi connectivity index (χ1n) is 6.41. The number of halogens is 1. The number of nitrogens with one attached hydrogen (secondary N) is 1. The summed E-state index contributed by atoms with van der Waals surface area (Å²) in [4.78, 5) is 11.8. The van der Waals surface area contributed by atoms with Crippen molar-refractivity contribution in [2.75, 3.05) is 0 Å². The zero-order valence-corrected chi connectivity index (χ0v) is 13.1. The number of rotatable bonds is 4. The van der Waals surface area contributed by atoms with Crippen LogP contribution in [0.4, 0.5) is 0 Å². The highest BCUT2D eigenvalue weighted by Gasteiger charge is 2.03. The molecule has 2 aromatic carbocycles. The minimum absolute atomic E-state index is 0.171. The molecule has 21 heavy (non-hydrogen) atoms. The molecule has 108 valence electrons. The topological polar surface area (TPSA) is 61.7 Å². The Morgan fingerprint density at radius 2 is 1.76 bits per heavy atom. The summed E-state index contributed by atoms with van der Waals surface area (Å²) in [5.41, 5.74) is 4.98. The summed E-state index contributed by atoms with van der Waals surface area (Å²) in [5, 5.41) is 13.3. The Kier molecular flexibility index (Phi) is 5.11. The molecular weight excluding hydrogens is 332 g/mol. The third kappa shape index (κ3) is 4.72. The molecule has 2 rings (SSSR count). The molecule has 5 heteroatoms. The van der Waals surface area contributed by atoms with Crippen LogP contribution in [0.3, 0.4) is 0 Å². The first kappa shape index (κ1) is 15.3. The van der Waals surface area contributed by atoms with Gasteiger partial charge in [0, 0.05) is 4.47 Å². The van der Waals surface area contributed by atoms with Gasteiger partial charge < -0.3 is 5.11 Å². The van der Waals surface area contributed by atoms with Crippen molar-refractivity contribution in [2.24, 2.45) is 5.10 Å². The van der Waals surface area contributed by atoms with Crippen LogP contribution >= 0.6 is 15.9 Å². The lowest BCUT2D eigenvalue weighted by Crippen LogP contribution is -2.21. The average Bonchev–Trinajstić information content (AvgIpc) is 2.48. The lowest BCUT2D eigenvalue weighted by Gasteiger charge is -2.04. The zero-order valence-electron chi connectivity index (χ0n) is 11.5. The number of nitrogens with zero attached hydrogens (tertiary/aromatic N) is 1. The van der Waals surface area contributed by atoms with E-state index in [1.54, 1.807) is 31.2 Å². The van der Waals surface area contributed by atoms with Crippen LogP contribution in [-0.2, 0) is 11.2 Å². The number of phenols is 1. The average molecular weight is 347 g/mol. The number of phenolic OH excluding ortho intramolecular Hbond substituents is 1. The quantitative estimate of drug-likeness (QED) is 0.659. The zero-order chi connectivity index (χ0) is 15.2. The van der Waals surface area contributed by atoms with Crippen LogP contribution in [0.5, 0.6) is 5.75 Å². The van der Waals surface area contributed by atoms with E-state index in [9.17, 15) is 9.90 Å². The third-order valence-electron chi connectivity index (χ3n) is 2.91. The van der Waals surface area contributed by atoms with E-state index in [1.807, 2.05) is 24.3 Å². The van der Waals surface area contributed by atoms with E-state index in [4.69, 9.17) is 0 Å². The SMILES string of the molecule is C/C(=N/NC(=O)Cc1ccc(Br)cc1)c1ccc(O)cc1. The van der Waals surface area contributed by atoms with E-state index >= 15 is 0 Å². The van der Waals surface area contributed by atoms with Crippen LogP contribution in [0, 0.1) is 0 Å². The summed E-state index contributed by atoms with van der Waals surface area (Å²) in [6.07, 6.45) is 0.277. The van der Waals surface area contributed by atoms with Gasteiger partial charge in [-0.1, -0.05) is 28.1 Å². The summed E-state index contributed by atoms with van der Waals surface area (Å²) in [6, 6.07) is 14.2. The largest absolute Gasteiger partial charge is 0.508 e. The molecule has 0 aliphatic heterocycles. The number of hydrogen-bond donors (Lipinski definition) is 2. The van der Waals surface area contributed by atoms with Crippen LogP contribution in [0.15, 0.2) is 58.1 Å². The lowest BCUT2D eigenvalue weighted by atomic mass is 10.1. The Bertz CT molecular complexity index is 649. The number of carbonyl (C=O) groups is 1. The van der Waals surface area contributed by atoms with E-state index < -0.39 is 0 Å². The second kappa shape index (κ2) is 7.04. The molecule has 0 radical (unpaired) electrons. The predicted octanol–water partition coefficient (Wildman–Crippen LogP) is 3.24. The van der Waals surface area contributed by atoms with Crippen molar-refractivity contribution in [2.45, 2.75) is 13.3 Å². The minimum Gasteiger partial charge on any atom is -0.508 e. The van der Waals surface area contributed by atoms with Crippen LogP contribution in [0.25, 0.3) is 0 Å². The van der Waals surface area contributed by atoms with Gasteiger partial charge in [-0.15, -0.1) is 0 Å². The molecule has 4 nitrogen and oxygen atoms in total. The van der Waals surface area contributed by atoms with Gasteiger partial charge in [0.2, 0.25) is 5.91 Å². The van der Waals surface area contributed by atoms with E-state index in [-0.39, 0.29) is 18.1 Å². The monoisotopic (exact) mass is 346 g/mol. The highest BCUT2D eigenvalue weighted by Crippen LogP contribution is 2.11. The van der Waals surface area contributed by atoms with Gasteiger partial charge in [0.25, 0.3) is 0 Å². The van der Waals surface area contributed by atoms with Gasteiger partial charge in [0.05, 0.1) is 12.1 Å². The maximum absolute atomic E-state index is 11.8. The van der Waals surface area contributed by atoms with Gasteiger partial charge in [-0.25, -0.2) is 5.43 Å². The Labute approximate surface area is 131 Å². The fourth-order valence-electron chi connectivity index (χ4n) is 1.74. The molecule has 0 unspecified atom stereocenters. The Balaban J connectivity index is 1.94. The highest BCUT2D eigenvalue weighted by molar-refractivity contribution is 9.10. The molecule has 1 amide bonds. The molecule has 0 heterocycles. The van der Waals surface area contributed by atoms with Gasteiger partial charge in [-0.3, -0.25) is 4.79 Å². The van der Waals surface area contributed by atoms with Gasteiger partial charge >= 0.3 is 0 Å². The minimum atomic E-state index is -0.171. The van der Waals surface area contributed by atoms with Crippen molar-refractivity contribution in [1.82, 2.24) is 5.43 Å². The maximum Gasteiger partial charge on any atom is 0.244 e. The van der Waals surface area contributed by atoms with Crippen molar-refractivity contribution in [3.05, 3.63) is 64.1 Å². The smallest absolute Gasteiger partial charge is 0.244 e. The van der Waals surface area contributed by atoms with Gasteiger partial charge in [-0.2, -0.15) is 5.10 Å². The molecule has 0 fully saturated rings. The van der Waals surface area contributed by atoms with Crippen LogP contribution in [0.2, 0.25) is 0 Å². The number of aromatic hydroxyl groups is 1. The highest BCUT2D eigenvalue weighted by atomic mass is 79.9. The van der Waals surface area contributed by atoms with E-state index in [2.05, 4.69) is 26.5 Å². The molecule has 0 saturated carbocycles. The van der Waals surface area contributed by atoms with Crippen molar-refractivity contribution in [3.63, 3.8) is 0 Å². The van der Waals surface area contributed by atoms with Crippen molar-refractivity contribution in [3.8, 4) is 5.75 Å². The van der Waals surface area contributed by atoms with Gasteiger partial charge in [-0.05, 0) is 54.4 Å². The standard InChI is InChI=1S/C16H15BrN2O2/c1-11(13-4-8-15(20)9-5-13)18-19-16(21)10-12-2-6-14(17)7-3-12/h2-9,20H,10H2,1H3,(H,19,21)/b18-11-. The Morgan fingerprint density at radius 1 is 1.14 bits per heavy atom. The number of benzene rings is 2. The van der Waals surface area contributed by atoms with Crippen LogP contribution in [0.1, 0.15) is 18.1 Å². The Morgan fingerprint density at radius 3 is 2.38 bits per heavy atom. The lowest BCUT2D eigenvalue weighted by molar-refractivity contribution is -0.120. The van der Waals surface area contributed by atoms with E-state index in [1.165, 1.54) is 0 Å². The van der Waals surface area contributed by atoms with E-state index in [0.29, 0.717) is 5.71 Å². The number of carbonyl (C=O) groups excluding carboxylic acids is 1. The second-order valence-corrected chi connectivity index (χ2v) is 5.50. The molecule has 0 aliphatic carbocycles. The third-order valence-corrected chi connectivity index (χ3v) is 3.44. The molecule has 0 aliphatic rings. The summed E-state index contributed by atoms with van der Waals surface area (Å²) in [5.74, 6) is 0.0290. The van der Waals surface area contributed by atoms with Gasteiger partial charge in [0.15, 0.2) is 0 Å². The molecule has 2 N–H and O–H groups in total. The summed E-state index contributed by atoms with van der Waals surface area (Å²) in [7, 11) is 0. The molecule has 0 bridgehead atoms. The number of amides is 1. The first-order chi connectivity index (χ1) is 10.0. The van der Waals surface area contributed by atoms with Crippen LogP contribution < -0.4 is 5.43 Å². The van der Waals surface area contributed by atoms with Crippen LogP contribution in [-0.4, -0.2) is 16.7 Å². The molecular formula is C16H15BrN2O2. The summed E-state index contributed by atoms with van der Waals surface area (Å²) < 4.78 is 0.979. The van der Waals surface area contributed by atoms with Crippen molar-refractivity contribution < 1.29 is 9.90 Å². The molecule has 0 saturated heterocycles. The fraction of sp³-hybridized carbons (Fsp3) is 0.125. The number of hydrazone groups is 1. The molecule has 2 aromatic rings. The summed E-state index contributed by atoms with van der Waals surface area (Å²) in [6.45, 7) is 1.80. The fourth-order valence-corrected chi connectivity index (χ4v) is 2.00. The molecule has 0 aromatic heterocycles. The normalized spacial score (nSPS) is 11.2. The maximum atomic E-state index is 11.8. The van der Waals surface area contributed by atoms with Crippen molar-refractivity contribution in [1.29, 1.82) is 0 Å². The second-order valence-electron chi connectivity index (χ2n) is 4.58. The Hall–Kier alpha value is -2.14. The number of hydrogen-bond acceptors (Lipinski definition) is 3.